The molecule has 4 rings (SSSR count). The molecular formula is C34H45BrClN3O7. The molecule has 3 saturated heterocycles. The molecule has 252 valence electrons. The predicted octanol–water partition coefficient (Wildman–Crippen LogP) is 4.34. The van der Waals surface area contributed by atoms with Gasteiger partial charge in [-0.3, -0.25) is 19.2 Å². The minimum atomic E-state index is -1.36. The number of hydrogen-bond acceptors (Lipinski definition) is 7. The SMILES string of the molecule is C=CCCC(=O)NC[C@@H](C)OC(=O)[C@@H]1[C@H]2O[C@@]3(CC2Br)[C@H](C(=O)N(CC=C)c2c(C)cccc2Cl)N([C@@H](CO)CC(C)C)C(=O)[C@@H]13. The van der Waals surface area contributed by atoms with Gasteiger partial charge in [0.05, 0.1) is 47.8 Å². The normalized spacial score (nSPS) is 27.7. The summed E-state index contributed by atoms with van der Waals surface area (Å²) in [6.07, 6.45) is 3.38. The van der Waals surface area contributed by atoms with E-state index in [-0.39, 0.29) is 42.8 Å². The summed E-state index contributed by atoms with van der Waals surface area (Å²) >= 11 is 10.3. The zero-order valence-electron chi connectivity index (χ0n) is 26.9. The number of alkyl halides is 1. The molecule has 1 aromatic carbocycles. The van der Waals surface area contributed by atoms with Gasteiger partial charge >= 0.3 is 5.97 Å². The lowest BCUT2D eigenvalue weighted by Crippen LogP contribution is -2.59. The summed E-state index contributed by atoms with van der Waals surface area (Å²) in [6.45, 7) is 14.8. The van der Waals surface area contributed by atoms with Crippen molar-refractivity contribution in [2.24, 2.45) is 17.8 Å². The Morgan fingerprint density at radius 1 is 1.28 bits per heavy atom. The zero-order valence-corrected chi connectivity index (χ0v) is 29.3. The first-order valence-electron chi connectivity index (χ1n) is 15.8. The fourth-order valence-corrected chi connectivity index (χ4v) is 8.53. The Bertz CT molecular complexity index is 1340. The van der Waals surface area contributed by atoms with Crippen LogP contribution in [0.1, 0.15) is 52.0 Å². The number of aliphatic hydroxyl groups is 1. The van der Waals surface area contributed by atoms with Gasteiger partial charge in [-0.05, 0) is 50.7 Å². The van der Waals surface area contributed by atoms with Crippen molar-refractivity contribution in [3.05, 3.63) is 54.1 Å². The summed E-state index contributed by atoms with van der Waals surface area (Å²) < 4.78 is 12.4. The van der Waals surface area contributed by atoms with Gasteiger partial charge in [-0.25, -0.2) is 0 Å². The van der Waals surface area contributed by atoms with Gasteiger partial charge in [0, 0.05) is 17.8 Å². The molecule has 0 aliphatic carbocycles. The first kappa shape index (κ1) is 36.1. The van der Waals surface area contributed by atoms with Gasteiger partial charge in [0.15, 0.2) is 0 Å². The van der Waals surface area contributed by atoms with Gasteiger partial charge in [0.25, 0.3) is 5.91 Å². The van der Waals surface area contributed by atoms with E-state index < -0.39 is 59.5 Å². The molecule has 3 heterocycles. The van der Waals surface area contributed by atoms with Crippen molar-refractivity contribution in [3.63, 3.8) is 0 Å². The number of aliphatic hydroxyl groups excluding tert-OH is 1. The molecule has 1 aromatic rings. The number of anilines is 1. The minimum absolute atomic E-state index is 0.0956. The summed E-state index contributed by atoms with van der Waals surface area (Å²) in [5.74, 6) is -3.60. The molecule has 3 fully saturated rings. The first-order valence-corrected chi connectivity index (χ1v) is 17.1. The maximum atomic E-state index is 14.9. The summed E-state index contributed by atoms with van der Waals surface area (Å²) in [5, 5.41) is 13.7. The largest absolute Gasteiger partial charge is 0.460 e. The van der Waals surface area contributed by atoms with Crippen molar-refractivity contribution in [2.75, 3.05) is 24.6 Å². The van der Waals surface area contributed by atoms with Gasteiger partial charge in [-0.1, -0.05) is 65.7 Å². The Kier molecular flexibility index (Phi) is 11.8. The summed E-state index contributed by atoms with van der Waals surface area (Å²) in [4.78, 5) is 58.0. The number of ether oxygens (including phenoxy) is 2. The number of carbonyl (C=O) groups is 4. The quantitative estimate of drug-likeness (QED) is 0.157. The number of likely N-dealkylation sites (tertiary alicyclic amines) is 1. The molecule has 46 heavy (non-hydrogen) atoms. The maximum absolute atomic E-state index is 14.9. The topological polar surface area (TPSA) is 125 Å². The van der Waals surface area contributed by atoms with E-state index in [1.165, 1.54) is 9.80 Å². The maximum Gasteiger partial charge on any atom is 0.312 e. The number of para-hydroxylation sites is 1. The second kappa shape index (κ2) is 15.0. The Balaban J connectivity index is 1.73. The van der Waals surface area contributed by atoms with E-state index in [9.17, 15) is 24.3 Å². The Morgan fingerprint density at radius 2 is 2.00 bits per heavy atom. The van der Waals surface area contributed by atoms with E-state index in [0.29, 0.717) is 30.0 Å². The fourth-order valence-electron chi connectivity index (χ4n) is 7.26. The number of nitrogens with one attached hydrogen (secondary N) is 1. The van der Waals surface area contributed by atoms with Crippen LogP contribution in [0, 0.1) is 24.7 Å². The molecule has 2 bridgehead atoms. The van der Waals surface area contributed by atoms with Crippen LogP contribution in [-0.4, -0.2) is 88.1 Å². The number of aryl methyl sites for hydroxylation is 1. The third-order valence-electron chi connectivity index (χ3n) is 9.10. The van der Waals surface area contributed by atoms with Crippen molar-refractivity contribution < 1.29 is 33.8 Å². The van der Waals surface area contributed by atoms with E-state index in [0.717, 1.165) is 5.56 Å². The number of carbonyl (C=O) groups excluding carboxylic acids is 4. The van der Waals surface area contributed by atoms with Crippen LogP contribution in [0.3, 0.4) is 0 Å². The summed E-state index contributed by atoms with van der Waals surface area (Å²) in [7, 11) is 0. The standard InChI is InChI=1S/C34H45BrClN3O7/c1-7-9-13-25(41)37-17-21(6)45-33(44)26-27-31(42)39(22(18-40)15-19(3)4)30(34(27)16-23(35)29(26)46-34)32(43)38(14-8-2)28-20(5)11-10-12-24(28)36/h7-8,10-12,19,21-23,26-27,29-30,40H,1-2,9,13-18H2,3-6H3,(H,37,41)/t21-,22-,23?,26+,27-,29+,30+,34-/m1/s1. The van der Waals surface area contributed by atoms with Gasteiger partial charge in [-0.2, -0.15) is 0 Å². The van der Waals surface area contributed by atoms with Crippen LogP contribution in [-0.2, 0) is 28.7 Å². The zero-order chi connectivity index (χ0) is 33.9. The van der Waals surface area contributed by atoms with Crippen LogP contribution in [0.2, 0.25) is 5.02 Å². The average Bonchev–Trinajstić information content (AvgIpc) is 3.60. The third kappa shape index (κ3) is 6.79. The Morgan fingerprint density at radius 3 is 2.61 bits per heavy atom. The number of fused-ring (bicyclic) bond motifs is 1. The van der Waals surface area contributed by atoms with Crippen molar-refractivity contribution >= 4 is 56.9 Å². The number of allylic oxidation sites excluding steroid dienone is 1. The number of halogens is 2. The highest BCUT2D eigenvalue weighted by Crippen LogP contribution is 2.61. The molecule has 10 nitrogen and oxygen atoms in total. The van der Waals surface area contributed by atoms with Crippen molar-refractivity contribution in [3.8, 4) is 0 Å². The molecule has 3 amide bonds. The summed E-state index contributed by atoms with van der Waals surface area (Å²) in [6, 6.07) is 3.49. The Labute approximate surface area is 284 Å². The lowest BCUT2D eigenvalue weighted by atomic mass is 9.70. The number of hydrogen-bond donors (Lipinski definition) is 2. The molecular weight excluding hydrogens is 678 g/mol. The Hall–Kier alpha value is -2.73. The molecule has 0 saturated carbocycles. The van der Waals surface area contributed by atoms with Gasteiger partial charge in [-0.15, -0.1) is 13.2 Å². The third-order valence-corrected chi connectivity index (χ3v) is 10.2. The first-order chi connectivity index (χ1) is 21.8. The van der Waals surface area contributed by atoms with Crippen LogP contribution >= 0.6 is 27.5 Å². The number of amides is 3. The number of nitrogens with zero attached hydrogens (tertiary/aromatic N) is 2. The fraction of sp³-hybridized carbons (Fsp3) is 0.588. The molecule has 8 atom stereocenters. The van der Waals surface area contributed by atoms with E-state index in [4.69, 9.17) is 21.1 Å². The van der Waals surface area contributed by atoms with Crippen LogP contribution in [0.5, 0.6) is 0 Å². The number of esters is 1. The molecule has 3 aliphatic rings. The lowest BCUT2D eigenvalue weighted by Gasteiger charge is -2.40. The molecule has 2 N–H and O–H groups in total. The number of rotatable bonds is 15. The summed E-state index contributed by atoms with van der Waals surface area (Å²) in [5.41, 5.74) is -0.109. The van der Waals surface area contributed by atoms with Gasteiger partial charge in [0.2, 0.25) is 11.8 Å². The van der Waals surface area contributed by atoms with Crippen LogP contribution < -0.4 is 10.2 Å². The van der Waals surface area contributed by atoms with Crippen molar-refractivity contribution in [1.29, 1.82) is 0 Å². The van der Waals surface area contributed by atoms with E-state index in [1.807, 2.05) is 26.8 Å². The number of benzene rings is 1. The molecule has 1 unspecified atom stereocenters. The van der Waals surface area contributed by atoms with Gasteiger partial charge < -0.3 is 29.7 Å². The van der Waals surface area contributed by atoms with E-state index >= 15 is 0 Å². The predicted molar refractivity (Wildman–Crippen MR) is 180 cm³/mol. The molecule has 0 aromatic heterocycles. The molecule has 0 radical (unpaired) electrons. The highest BCUT2D eigenvalue weighted by molar-refractivity contribution is 9.09. The van der Waals surface area contributed by atoms with Gasteiger partial charge in [0.1, 0.15) is 17.7 Å². The van der Waals surface area contributed by atoms with Crippen LogP contribution in [0.25, 0.3) is 0 Å². The van der Waals surface area contributed by atoms with E-state index in [2.05, 4.69) is 34.4 Å². The van der Waals surface area contributed by atoms with E-state index in [1.54, 1.807) is 31.2 Å². The van der Waals surface area contributed by atoms with Crippen LogP contribution in [0.15, 0.2) is 43.5 Å². The smallest absolute Gasteiger partial charge is 0.312 e. The molecule has 3 aliphatic heterocycles. The molecule has 12 heteroatoms. The lowest BCUT2D eigenvalue weighted by molar-refractivity contribution is -0.159. The highest BCUT2D eigenvalue weighted by atomic mass is 79.9. The highest BCUT2D eigenvalue weighted by Gasteiger charge is 2.77. The second-order valence-corrected chi connectivity index (χ2v) is 14.5. The average molecular weight is 723 g/mol. The minimum Gasteiger partial charge on any atom is -0.460 e. The molecule has 1 spiro atoms. The van der Waals surface area contributed by atoms with Crippen molar-refractivity contribution in [1.82, 2.24) is 10.2 Å². The van der Waals surface area contributed by atoms with Crippen molar-refractivity contribution in [2.45, 2.75) is 88.1 Å². The van der Waals surface area contributed by atoms with Crippen LogP contribution in [0.4, 0.5) is 5.69 Å². The monoisotopic (exact) mass is 721 g/mol. The second-order valence-electron chi connectivity index (χ2n) is 12.9.